The number of nitrogens with two attached hydrogens (primary N) is 1. The second-order valence-electron chi connectivity index (χ2n) is 5.12. The van der Waals surface area contributed by atoms with Crippen molar-refractivity contribution in [3.63, 3.8) is 0 Å². The van der Waals surface area contributed by atoms with Crippen molar-refractivity contribution in [1.82, 2.24) is 0 Å². The molecule has 1 aliphatic heterocycles. The van der Waals surface area contributed by atoms with Gasteiger partial charge < -0.3 is 15.7 Å². The smallest absolute Gasteiger partial charge is 0.394 e. The molecule has 7 heteroatoms. The highest BCUT2D eigenvalue weighted by Gasteiger charge is 2.32. The van der Waals surface area contributed by atoms with Crippen LogP contribution < -0.4 is 10.6 Å². The van der Waals surface area contributed by atoms with Crippen molar-refractivity contribution in [1.29, 1.82) is 0 Å². The number of benzene rings is 1. The zero-order valence-corrected chi connectivity index (χ0v) is 12.2. The molecular weight excluding hydrogens is 301 g/mol. The Morgan fingerprint density at radius 2 is 2.10 bits per heavy atom. The Labute approximate surface area is 126 Å². The van der Waals surface area contributed by atoms with Crippen LogP contribution in [-0.2, 0) is 6.18 Å². The van der Waals surface area contributed by atoms with Crippen molar-refractivity contribution in [2.45, 2.75) is 31.5 Å². The van der Waals surface area contributed by atoms with Crippen LogP contribution in [0.5, 0.6) is 0 Å². The molecule has 1 atom stereocenters. The Bertz CT molecular complexity index is 533. The molecule has 0 saturated carbocycles. The summed E-state index contributed by atoms with van der Waals surface area (Å²) >= 11 is 4.90. The average Bonchev–Trinajstić information content (AvgIpc) is 2.45. The minimum atomic E-state index is -4.43. The second-order valence-corrected chi connectivity index (χ2v) is 5.56. The van der Waals surface area contributed by atoms with Gasteiger partial charge in [0.15, 0.2) is 0 Å². The number of piperidine rings is 1. The number of thiocarbonyl (C=S) groups is 1. The number of rotatable bonds is 3. The van der Waals surface area contributed by atoms with E-state index in [1.165, 1.54) is 6.07 Å². The fourth-order valence-electron chi connectivity index (χ4n) is 2.67. The molecule has 3 N–H and O–H groups in total. The number of hydrogen-bond acceptors (Lipinski definition) is 3. The Hall–Kier alpha value is -1.34. The number of alkyl halides is 3. The van der Waals surface area contributed by atoms with Gasteiger partial charge in [-0.25, -0.2) is 0 Å². The molecule has 0 aromatic heterocycles. The van der Waals surface area contributed by atoms with Crippen LogP contribution in [0.4, 0.5) is 18.9 Å². The first-order valence-electron chi connectivity index (χ1n) is 6.73. The molecule has 1 saturated heterocycles. The Morgan fingerprint density at radius 3 is 2.67 bits per heavy atom. The maximum absolute atomic E-state index is 12.8. The van der Waals surface area contributed by atoms with Gasteiger partial charge in [0.1, 0.15) is 4.99 Å². The molecule has 1 fully saturated rings. The summed E-state index contributed by atoms with van der Waals surface area (Å²) in [7, 11) is 0. The highest BCUT2D eigenvalue weighted by molar-refractivity contribution is 7.80. The normalized spacial score (nSPS) is 19.6. The van der Waals surface area contributed by atoms with E-state index in [2.05, 4.69) is 0 Å². The first-order chi connectivity index (χ1) is 9.84. The molecule has 1 aliphatic rings. The Morgan fingerprint density at radius 1 is 1.38 bits per heavy atom. The summed E-state index contributed by atoms with van der Waals surface area (Å²) in [6.07, 6.45) is -1.72. The minimum Gasteiger partial charge on any atom is -0.394 e. The highest BCUT2D eigenvalue weighted by atomic mass is 32.1. The average molecular weight is 318 g/mol. The van der Waals surface area contributed by atoms with E-state index in [1.54, 1.807) is 0 Å². The maximum atomic E-state index is 12.8. The van der Waals surface area contributed by atoms with Gasteiger partial charge in [0, 0.05) is 17.8 Å². The predicted octanol–water partition coefficient (Wildman–Crippen LogP) is 2.69. The van der Waals surface area contributed by atoms with Gasteiger partial charge in [-0.1, -0.05) is 12.2 Å². The molecule has 116 valence electrons. The van der Waals surface area contributed by atoms with Crippen LogP contribution in [0.2, 0.25) is 0 Å². The molecule has 0 radical (unpaired) electrons. The van der Waals surface area contributed by atoms with Gasteiger partial charge >= 0.3 is 6.18 Å². The molecule has 0 spiro atoms. The summed E-state index contributed by atoms with van der Waals surface area (Å²) in [6, 6.07) is 3.30. The van der Waals surface area contributed by atoms with Crippen molar-refractivity contribution >= 4 is 22.9 Å². The van der Waals surface area contributed by atoms with Crippen LogP contribution in [0, 0.1) is 0 Å². The van der Waals surface area contributed by atoms with E-state index in [1.807, 2.05) is 4.90 Å². The monoisotopic (exact) mass is 318 g/mol. The summed E-state index contributed by atoms with van der Waals surface area (Å²) in [5.74, 6) is 0. The second kappa shape index (κ2) is 6.19. The number of hydrogen-bond donors (Lipinski definition) is 2. The lowest BCUT2D eigenvalue weighted by Crippen LogP contribution is -2.42. The summed E-state index contributed by atoms with van der Waals surface area (Å²) in [4.78, 5) is 1.83. The van der Waals surface area contributed by atoms with Crippen molar-refractivity contribution in [3.8, 4) is 0 Å². The van der Waals surface area contributed by atoms with Gasteiger partial charge in [0.25, 0.3) is 0 Å². The summed E-state index contributed by atoms with van der Waals surface area (Å²) < 4.78 is 38.4. The van der Waals surface area contributed by atoms with E-state index >= 15 is 0 Å². The molecule has 0 amide bonds. The van der Waals surface area contributed by atoms with Gasteiger partial charge in [-0.3, -0.25) is 0 Å². The third kappa shape index (κ3) is 3.47. The Kier molecular flexibility index (Phi) is 4.73. The lowest BCUT2D eigenvalue weighted by molar-refractivity contribution is -0.137. The molecule has 3 nitrogen and oxygen atoms in total. The largest absolute Gasteiger partial charge is 0.416 e. The molecule has 2 rings (SSSR count). The first kappa shape index (κ1) is 16.0. The van der Waals surface area contributed by atoms with Crippen molar-refractivity contribution < 1.29 is 18.3 Å². The van der Waals surface area contributed by atoms with Crippen LogP contribution >= 0.6 is 12.2 Å². The fraction of sp³-hybridized carbons (Fsp3) is 0.500. The van der Waals surface area contributed by atoms with Crippen molar-refractivity contribution in [2.75, 3.05) is 18.1 Å². The third-order valence-corrected chi connectivity index (χ3v) is 3.96. The van der Waals surface area contributed by atoms with Crippen molar-refractivity contribution in [3.05, 3.63) is 29.3 Å². The molecule has 0 aliphatic carbocycles. The Balaban J connectivity index is 2.45. The molecular formula is C14H17F3N2OS. The van der Waals surface area contributed by atoms with Crippen LogP contribution in [0.1, 0.15) is 30.4 Å². The topological polar surface area (TPSA) is 49.5 Å². The highest BCUT2D eigenvalue weighted by Crippen LogP contribution is 2.34. The fourth-order valence-corrected chi connectivity index (χ4v) is 2.83. The summed E-state index contributed by atoms with van der Waals surface area (Å²) in [6.45, 7) is 0.629. The lowest BCUT2D eigenvalue weighted by atomic mass is 9.99. The molecule has 21 heavy (non-hydrogen) atoms. The minimum absolute atomic E-state index is 0.0439. The number of aliphatic hydroxyl groups excluding tert-OH is 1. The SMILES string of the molecule is NC(=S)c1cc(C(F)(F)F)ccc1N1CCCCC1CO. The van der Waals surface area contributed by atoms with Gasteiger partial charge in [-0.15, -0.1) is 0 Å². The van der Waals surface area contributed by atoms with Gasteiger partial charge in [0.2, 0.25) is 0 Å². The zero-order chi connectivity index (χ0) is 15.6. The standard InChI is InChI=1S/C14H17F3N2OS/c15-14(16,17)9-4-5-12(11(7-9)13(18)21)19-6-2-1-3-10(19)8-20/h4-5,7,10,20H,1-3,6,8H2,(H2,18,21). The van der Waals surface area contributed by atoms with Gasteiger partial charge in [0.05, 0.1) is 18.2 Å². The number of anilines is 1. The van der Waals surface area contributed by atoms with Crippen LogP contribution in [0.3, 0.4) is 0 Å². The van der Waals surface area contributed by atoms with Gasteiger partial charge in [-0.05, 0) is 37.5 Å². The third-order valence-electron chi connectivity index (χ3n) is 3.74. The van der Waals surface area contributed by atoms with Crippen LogP contribution in [-0.4, -0.2) is 29.3 Å². The van der Waals surface area contributed by atoms with Crippen LogP contribution in [0.15, 0.2) is 18.2 Å². The number of halogens is 3. The first-order valence-corrected chi connectivity index (χ1v) is 7.14. The van der Waals surface area contributed by atoms with Crippen LogP contribution in [0.25, 0.3) is 0 Å². The van der Waals surface area contributed by atoms with E-state index in [-0.39, 0.29) is 23.2 Å². The molecule has 1 unspecified atom stereocenters. The number of nitrogens with zero attached hydrogens (tertiary/aromatic N) is 1. The quantitative estimate of drug-likeness (QED) is 0.841. The molecule has 0 bridgehead atoms. The van der Waals surface area contributed by atoms with E-state index in [0.717, 1.165) is 31.4 Å². The summed E-state index contributed by atoms with van der Waals surface area (Å²) in [5, 5.41) is 9.45. The lowest BCUT2D eigenvalue weighted by Gasteiger charge is -2.37. The predicted molar refractivity (Wildman–Crippen MR) is 79.4 cm³/mol. The van der Waals surface area contributed by atoms with E-state index in [9.17, 15) is 18.3 Å². The number of aliphatic hydroxyl groups is 1. The maximum Gasteiger partial charge on any atom is 0.416 e. The van der Waals surface area contributed by atoms with E-state index in [4.69, 9.17) is 18.0 Å². The van der Waals surface area contributed by atoms with Gasteiger partial charge in [-0.2, -0.15) is 13.2 Å². The zero-order valence-electron chi connectivity index (χ0n) is 11.4. The molecule has 1 aromatic carbocycles. The molecule has 1 aromatic rings. The molecule has 1 heterocycles. The van der Waals surface area contributed by atoms with E-state index < -0.39 is 11.7 Å². The summed E-state index contributed by atoms with van der Waals surface area (Å²) in [5.41, 5.74) is 5.60. The van der Waals surface area contributed by atoms with E-state index in [0.29, 0.717) is 12.2 Å². The van der Waals surface area contributed by atoms with Crippen molar-refractivity contribution in [2.24, 2.45) is 5.73 Å².